The van der Waals surface area contributed by atoms with E-state index in [0.29, 0.717) is 13.2 Å². The molecule has 1 heterocycles. The summed E-state index contributed by atoms with van der Waals surface area (Å²) in [6.07, 6.45) is -0.367. The van der Waals surface area contributed by atoms with E-state index in [1.165, 1.54) is 5.56 Å². The number of alkyl carbamates (subject to hydrolysis) is 1. The molecule has 1 saturated heterocycles. The van der Waals surface area contributed by atoms with Crippen LogP contribution in [0.5, 0.6) is 0 Å². The Hall–Kier alpha value is -1.59. The van der Waals surface area contributed by atoms with E-state index in [-0.39, 0.29) is 6.09 Å². The summed E-state index contributed by atoms with van der Waals surface area (Å²) in [5.74, 6) is 0. The van der Waals surface area contributed by atoms with Crippen LogP contribution in [-0.4, -0.2) is 43.9 Å². The maximum Gasteiger partial charge on any atom is 0.407 e. The van der Waals surface area contributed by atoms with Gasteiger partial charge in [0.05, 0.1) is 19.8 Å². The Balaban J connectivity index is 1.93. The minimum atomic E-state index is -0.367. The summed E-state index contributed by atoms with van der Waals surface area (Å²) in [5.41, 5.74) is 2.37. The fourth-order valence-electron chi connectivity index (χ4n) is 2.23. The van der Waals surface area contributed by atoms with Crippen LogP contribution in [0, 0.1) is 0 Å². The second-order valence-electron chi connectivity index (χ2n) is 4.73. The smallest absolute Gasteiger partial charge is 0.407 e. The van der Waals surface area contributed by atoms with Crippen molar-refractivity contribution >= 4 is 6.09 Å². The van der Waals surface area contributed by atoms with E-state index in [9.17, 15) is 4.79 Å². The largest absolute Gasteiger partial charge is 0.450 e. The Bertz CT molecular complexity index is 431. The number of morpholine rings is 1. The molecule has 5 heteroatoms. The molecule has 0 bridgehead atoms. The molecule has 0 atom stereocenters. The number of ether oxygens (including phenoxy) is 2. The topological polar surface area (TPSA) is 50.8 Å². The molecule has 0 unspecified atom stereocenters. The van der Waals surface area contributed by atoms with Crippen LogP contribution in [-0.2, 0) is 22.6 Å². The Morgan fingerprint density at radius 2 is 2.00 bits per heavy atom. The van der Waals surface area contributed by atoms with Crippen LogP contribution < -0.4 is 5.32 Å². The van der Waals surface area contributed by atoms with Gasteiger partial charge in [-0.15, -0.1) is 0 Å². The van der Waals surface area contributed by atoms with Crippen molar-refractivity contribution in [2.45, 2.75) is 20.0 Å². The molecule has 1 amide bonds. The van der Waals surface area contributed by atoms with E-state index in [1.807, 2.05) is 18.2 Å². The first-order chi connectivity index (χ1) is 9.79. The molecular formula is C15H22N2O3. The summed E-state index contributed by atoms with van der Waals surface area (Å²) < 4.78 is 10.2. The standard InChI is InChI=1S/C15H22N2O3/c1-2-20-15(18)16-11-13-5-3-4-6-14(13)12-17-7-9-19-10-8-17/h3-6H,2,7-12H2,1H3,(H,16,18). The molecule has 20 heavy (non-hydrogen) atoms. The minimum Gasteiger partial charge on any atom is -0.450 e. The number of rotatable bonds is 5. The van der Waals surface area contributed by atoms with Crippen LogP contribution in [0.4, 0.5) is 4.79 Å². The lowest BCUT2D eigenvalue weighted by molar-refractivity contribution is 0.0340. The molecule has 1 aromatic rings. The Kier molecular flexibility index (Phi) is 5.83. The summed E-state index contributed by atoms with van der Waals surface area (Å²) in [7, 11) is 0. The second-order valence-corrected chi connectivity index (χ2v) is 4.73. The van der Waals surface area contributed by atoms with E-state index in [2.05, 4.69) is 16.3 Å². The zero-order chi connectivity index (χ0) is 14.2. The summed E-state index contributed by atoms with van der Waals surface area (Å²) >= 11 is 0. The lowest BCUT2D eigenvalue weighted by Gasteiger charge is -2.27. The molecule has 0 spiro atoms. The maximum absolute atomic E-state index is 11.4. The molecule has 1 fully saturated rings. The third-order valence-electron chi connectivity index (χ3n) is 3.31. The Labute approximate surface area is 119 Å². The zero-order valence-corrected chi connectivity index (χ0v) is 11.9. The van der Waals surface area contributed by atoms with Gasteiger partial charge in [-0.3, -0.25) is 4.90 Å². The molecule has 0 aliphatic carbocycles. The normalized spacial score (nSPS) is 15.8. The first kappa shape index (κ1) is 14.8. The van der Waals surface area contributed by atoms with Crippen molar-refractivity contribution in [3.63, 3.8) is 0 Å². The third-order valence-corrected chi connectivity index (χ3v) is 3.31. The number of hydrogen-bond acceptors (Lipinski definition) is 4. The molecule has 1 aliphatic heterocycles. The monoisotopic (exact) mass is 278 g/mol. The lowest BCUT2D eigenvalue weighted by Crippen LogP contribution is -2.36. The van der Waals surface area contributed by atoms with Crippen molar-refractivity contribution < 1.29 is 14.3 Å². The van der Waals surface area contributed by atoms with Crippen LogP contribution in [0.25, 0.3) is 0 Å². The Morgan fingerprint density at radius 3 is 2.70 bits per heavy atom. The van der Waals surface area contributed by atoms with E-state index in [4.69, 9.17) is 9.47 Å². The molecule has 110 valence electrons. The number of carbonyl (C=O) groups excluding carboxylic acids is 1. The fraction of sp³-hybridized carbons (Fsp3) is 0.533. The molecule has 1 aliphatic rings. The van der Waals surface area contributed by atoms with E-state index >= 15 is 0 Å². The van der Waals surface area contributed by atoms with Gasteiger partial charge < -0.3 is 14.8 Å². The number of nitrogens with zero attached hydrogens (tertiary/aromatic N) is 1. The fourth-order valence-corrected chi connectivity index (χ4v) is 2.23. The number of nitrogens with one attached hydrogen (secondary N) is 1. The predicted molar refractivity (Wildman–Crippen MR) is 76.4 cm³/mol. The quantitative estimate of drug-likeness (QED) is 0.892. The number of carbonyl (C=O) groups is 1. The molecule has 2 rings (SSSR count). The van der Waals surface area contributed by atoms with E-state index in [1.54, 1.807) is 6.92 Å². The van der Waals surface area contributed by atoms with Gasteiger partial charge in [0.2, 0.25) is 0 Å². The van der Waals surface area contributed by atoms with Gasteiger partial charge in [0.25, 0.3) is 0 Å². The molecule has 5 nitrogen and oxygen atoms in total. The summed E-state index contributed by atoms with van der Waals surface area (Å²) in [6, 6.07) is 8.17. The highest BCUT2D eigenvalue weighted by atomic mass is 16.5. The molecule has 0 radical (unpaired) electrons. The Morgan fingerprint density at radius 1 is 1.30 bits per heavy atom. The SMILES string of the molecule is CCOC(=O)NCc1ccccc1CN1CCOCC1. The highest BCUT2D eigenvalue weighted by molar-refractivity contribution is 5.67. The van der Waals surface area contributed by atoms with Gasteiger partial charge in [0, 0.05) is 26.2 Å². The molecule has 0 aromatic heterocycles. The lowest BCUT2D eigenvalue weighted by atomic mass is 10.1. The molecule has 0 saturated carbocycles. The van der Waals surface area contributed by atoms with Crippen molar-refractivity contribution in [1.82, 2.24) is 10.2 Å². The first-order valence-electron chi connectivity index (χ1n) is 7.07. The van der Waals surface area contributed by atoms with Crippen LogP contribution in [0.15, 0.2) is 24.3 Å². The van der Waals surface area contributed by atoms with Crippen molar-refractivity contribution in [3.8, 4) is 0 Å². The van der Waals surface area contributed by atoms with Gasteiger partial charge in [0.1, 0.15) is 0 Å². The number of benzene rings is 1. The maximum atomic E-state index is 11.4. The highest BCUT2D eigenvalue weighted by Crippen LogP contribution is 2.13. The second kappa shape index (κ2) is 7.87. The predicted octanol–water partition coefficient (Wildman–Crippen LogP) is 1.76. The van der Waals surface area contributed by atoms with Gasteiger partial charge in [-0.2, -0.15) is 0 Å². The summed E-state index contributed by atoms with van der Waals surface area (Å²) in [4.78, 5) is 13.7. The van der Waals surface area contributed by atoms with Gasteiger partial charge >= 0.3 is 6.09 Å². The van der Waals surface area contributed by atoms with E-state index in [0.717, 1.165) is 38.4 Å². The number of amides is 1. The van der Waals surface area contributed by atoms with Gasteiger partial charge in [-0.05, 0) is 18.1 Å². The van der Waals surface area contributed by atoms with Crippen LogP contribution in [0.2, 0.25) is 0 Å². The number of hydrogen-bond donors (Lipinski definition) is 1. The van der Waals surface area contributed by atoms with Crippen molar-refractivity contribution in [2.24, 2.45) is 0 Å². The van der Waals surface area contributed by atoms with Crippen molar-refractivity contribution in [1.29, 1.82) is 0 Å². The van der Waals surface area contributed by atoms with Crippen molar-refractivity contribution in [3.05, 3.63) is 35.4 Å². The average molecular weight is 278 g/mol. The van der Waals surface area contributed by atoms with Gasteiger partial charge in [0.15, 0.2) is 0 Å². The molecule has 1 N–H and O–H groups in total. The van der Waals surface area contributed by atoms with E-state index < -0.39 is 0 Å². The minimum absolute atomic E-state index is 0.367. The average Bonchev–Trinajstić information content (AvgIpc) is 2.48. The zero-order valence-electron chi connectivity index (χ0n) is 11.9. The van der Waals surface area contributed by atoms with Crippen LogP contribution in [0.1, 0.15) is 18.1 Å². The first-order valence-corrected chi connectivity index (χ1v) is 7.07. The summed E-state index contributed by atoms with van der Waals surface area (Å²) in [5, 5.41) is 2.77. The van der Waals surface area contributed by atoms with Gasteiger partial charge in [-0.25, -0.2) is 4.79 Å². The summed E-state index contributed by atoms with van der Waals surface area (Å²) in [6.45, 7) is 7.09. The molecular weight excluding hydrogens is 256 g/mol. The van der Waals surface area contributed by atoms with Crippen LogP contribution >= 0.6 is 0 Å². The van der Waals surface area contributed by atoms with Crippen LogP contribution in [0.3, 0.4) is 0 Å². The third kappa shape index (κ3) is 4.51. The molecule has 1 aromatic carbocycles. The van der Waals surface area contributed by atoms with Gasteiger partial charge in [-0.1, -0.05) is 24.3 Å². The van der Waals surface area contributed by atoms with Crippen molar-refractivity contribution in [2.75, 3.05) is 32.9 Å². The highest BCUT2D eigenvalue weighted by Gasteiger charge is 2.13.